The SMILES string of the molecule is CCCCC(=O)CSCC(=O)CCCC. The van der Waals surface area contributed by atoms with E-state index in [2.05, 4.69) is 13.8 Å². The van der Waals surface area contributed by atoms with Crippen LogP contribution in [0.1, 0.15) is 52.4 Å². The van der Waals surface area contributed by atoms with Crippen molar-refractivity contribution in [1.82, 2.24) is 0 Å². The van der Waals surface area contributed by atoms with Gasteiger partial charge in [-0.25, -0.2) is 0 Å². The van der Waals surface area contributed by atoms with Gasteiger partial charge in [0, 0.05) is 12.8 Å². The summed E-state index contributed by atoms with van der Waals surface area (Å²) in [6.07, 6.45) is 5.42. The number of rotatable bonds is 10. The normalized spacial score (nSPS) is 10.3. The molecule has 88 valence electrons. The Labute approximate surface area is 97.2 Å². The Hall–Kier alpha value is -0.310. The molecule has 0 saturated heterocycles. The first-order valence-electron chi connectivity index (χ1n) is 5.81. The van der Waals surface area contributed by atoms with Crippen molar-refractivity contribution in [3.05, 3.63) is 0 Å². The third-order valence-electron chi connectivity index (χ3n) is 2.14. The molecule has 0 unspecified atom stereocenters. The first-order chi connectivity index (χ1) is 7.20. The fraction of sp³-hybridized carbons (Fsp3) is 0.833. The molecule has 0 bridgehead atoms. The molecule has 0 spiro atoms. The van der Waals surface area contributed by atoms with Crippen LogP contribution in [-0.2, 0) is 9.59 Å². The highest BCUT2D eigenvalue weighted by Crippen LogP contribution is 2.07. The summed E-state index contributed by atoms with van der Waals surface area (Å²) in [4.78, 5) is 22.5. The first-order valence-corrected chi connectivity index (χ1v) is 6.97. The van der Waals surface area contributed by atoms with Gasteiger partial charge in [-0.3, -0.25) is 9.59 Å². The number of thioether (sulfide) groups is 1. The van der Waals surface area contributed by atoms with Crippen LogP contribution in [0.3, 0.4) is 0 Å². The van der Waals surface area contributed by atoms with Crippen molar-refractivity contribution >= 4 is 23.3 Å². The van der Waals surface area contributed by atoms with Gasteiger partial charge < -0.3 is 0 Å². The van der Waals surface area contributed by atoms with Gasteiger partial charge in [0.2, 0.25) is 0 Å². The van der Waals surface area contributed by atoms with Gasteiger partial charge in [-0.05, 0) is 12.8 Å². The Bertz CT molecular complexity index is 170. The summed E-state index contributed by atoms with van der Waals surface area (Å²) in [6.45, 7) is 4.16. The maximum Gasteiger partial charge on any atom is 0.142 e. The number of unbranched alkanes of at least 4 members (excludes halogenated alkanes) is 2. The molecule has 0 heterocycles. The fourth-order valence-corrected chi connectivity index (χ4v) is 2.02. The van der Waals surface area contributed by atoms with Gasteiger partial charge in [0.1, 0.15) is 11.6 Å². The van der Waals surface area contributed by atoms with Crippen molar-refractivity contribution in [2.75, 3.05) is 11.5 Å². The second kappa shape index (κ2) is 10.2. The lowest BCUT2D eigenvalue weighted by Crippen LogP contribution is -2.06. The summed E-state index contributed by atoms with van der Waals surface area (Å²) in [7, 11) is 0. The van der Waals surface area contributed by atoms with E-state index >= 15 is 0 Å². The molecule has 0 fully saturated rings. The first kappa shape index (κ1) is 14.7. The molecule has 0 aromatic carbocycles. The van der Waals surface area contributed by atoms with Crippen LogP contribution in [-0.4, -0.2) is 23.1 Å². The van der Waals surface area contributed by atoms with E-state index in [-0.39, 0.29) is 11.6 Å². The third kappa shape index (κ3) is 9.98. The fourth-order valence-electron chi connectivity index (χ4n) is 1.17. The van der Waals surface area contributed by atoms with E-state index in [1.165, 1.54) is 11.8 Å². The Balaban J connectivity index is 3.36. The number of Topliss-reactive ketones (excluding diaryl/α,β-unsaturated/α-hetero) is 2. The van der Waals surface area contributed by atoms with Crippen molar-refractivity contribution in [3.8, 4) is 0 Å². The van der Waals surface area contributed by atoms with Crippen molar-refractivity contribution < 1.29 is 9.59 Å². The predicted molar refractivity (Wildman–Crippen MR) is 66.4 cm³/mol. The molecule has 0 aliphatic heterocycles. The van der Waals surface area contributed by atoms with Crippen LogP contribution in [0.4, 0.5) is 0 Å². The highest BCUT2D eigenvalue weighted by Gasteiger charge is 2.04. The lowest BCUT2D eigenvalue weighted by atomic mass is 10.2. The molecule has 0 atom stereocenters. The van der Waals surface area contributed by atoms with E-state index in [1.54, 1.807) is 0 Å². The van der Waals surface area contributed by atoms with Gasteiger partial charge in [0.25, 0.3) is 0 Å². The number of hydrogen-bond acceptors (Lipinski definition) is 3. The Morgan fingerprint density at radius 3 is 1.60 bits per heavy atom. The largest absolute Gasteiger partial charge is 0.299 e. The van der Waals surface area contributed by atoms with Crippen LogP contribution >= 0.6 is 11.8 Å². The van der Waals surface area contributed by atoms with E-state index in [4.69, 9.17) is 0 Å². The van der Waals surface area contributed by atoms with Crippen LogP contribution < -0.4 is 0 Å². The minimum atomic E-state index is 0.283. The molecule has 3 heteroatoms. The quantitative estimate of drug-likeness (QED) is 0.578. The Kier molecular flexibility index (Phi) is 10.0. The lowest BCUT2D eigenvalue weighted by Gasteiger charge is -2.00. The molecule has 0 saturated carbocycles. The average molecular weight is 230 g/mol. The zero-order valence-electron chi connectivity index (χ0n) is 9.88. The van der Waals surface area contributed by atoms with Crippen molar-refractivity contribution in [3.63, 3.8) is 0 Å². The molecule has 0 aliphatic rings. The summed E-state index contributed by atoms with van der Waals surface area (Å²) in [6, 6.07) is 0. The van der Waals surface area contributed by atoms with Crippen LogP contribution in [0.15, 0.2) is 0 Å². The average Bonchev–Trinajstić information content (AvgIpc) is 2.23. The Morgan fingerprint density at radius 1 is 0.867 bits per heavy atom. The van der Waals surface area contributed by atoms with E-state index < -0.39 is 0 Å². The maximum absolute atomic E-state index is 11.3. The molecule has 0 aliphatic carbocycles. The topological polar surface area (TPSA) is 34.1 Å². The molecule has 0 amide bonds. The van der Waals surface area contributed by atoms with Crippen LogP contribution in [0.5, 0.6) is 0 Å². The molecule has 0 aromatic heterocycles. The summed E-state index contributed by atoms with van der Waals surface area (Å²) in [5.41, 5.74) is 0. The van der Waals surface area contributed by atoms with Crippen molar-refractivity contribution in [2.45, 2.75) is 52.4 Å². The molecule has 0 aromatic rings. The summed E-state index contributed by atoms with van der Waals surface area (Å²) >= 11 is 1.47. The number of hydrogen-bond donors (Lipinski definition) is 0. The van der Waals surface area contributed by atoms with E-state index in [0.717, 1.165) is 25.7 Å². The smallest absolute Gasteiger partial charge is 0.142 e. The van der Waals surface area contributed by atoms with Crippen LogP contribution in [0, 0.1) is 0 Å². The van der Waals surface area contributed by atoms with Crippen molar-refractivity contribution in [1.29, 1.82) is 0 Å². The van der Waals surface area contributed by atoms with E-state index in [9.17, 15) is 9.59 Å². The molecular formula is C12H22O2S. The van der Waals surface area contributed by atoms with Crippen LogP contribution in [0.2, 0.25) is 0 Å². The predicted octanol–water partition coefficient (Wildman–Crippen LogP) is 3.24. The van der Waals surface area contributed by atoms with E-state index in [1.807, 2.05) is 0 Å². The number of carbonyl (C=O) groups excluding carboxylic acids is 2. The summed E-state index contributed by atoms with van der Waals surface area (Å²) in [5.74, 6) is 1.59. The standard InChI is InChI=1S/C12H22O2S/c1-3-5-7-11(13)9-15-10-12(14)8-6-4-2/h3-10H2,1-2H3. The summed E-state index contributed by atoms with van der Waals surface area (Å²) < 4.78 is 0. The molecule has 2 nitrogen and oxygen atoms in total. The second-order valence-corrected chi connectivity index (χ2v) is 4.76. The van der Waals surface area contributed by atoms with E-state index in [0.29, 0.717) is 24.3 Å². The summed E-state index contributed by atoms with van der Waals surface area (Å²) in [5, 5.41) is 0. The monoisotopic (exact) mass is 230 g/mol. The zero-order chi connectivity index (χ0) is 11.5. The molecule has 0 rings (SSSR count). The number of ketones is 2. The minimum absolute atomic E-state index is 0.283. The van der Waals surface area contributed by atoms with Gasteiger partial charge in [-0.1, -0.05) is 26.7 Å². The molecule has 15 heavy (non-hydrogen) atoms. The van der Waals surface area contributed by atoms with Crippen molar-refractivity contribution in [2.24, 2.45) is 0 Å². The van der Waals surface area contributed by atoms with Crippen LogP contribution in [0.25, 0.3) is 0 Å². The zero-order valence-corrected chi connectivity index (χ0v) is 10.7. The lowest BCUT2D eigenvalue weighted by molar-refractivity contribution is -0.117. The maximum atomic E-state index is 11.3. The van der Waals surface area contributed by atoms with Gasteiger partial charge in [0.05, 0.1) is 11.5 Å². The molecule has 0 N–H and O–H groups in total. The second-order valence-electron chi connectivity index (χ2n) is 3.78. The molecular weight excluding hydrogens is 208 g/mol. The highest BCUT2D eigenvalue weighted by atomic mass is 32.2. The van der Waals surface area contributed by atoms with Gasteiger partial charge >= 0.3 is 0 Å². The third-order valence-corrected chi connectivity index (χ3v) is 3.20. The Morgan fingerprint density at radius 2 is 1.27 bits per heavy atom. The number of carbonyl (C=O) groups is 2. The molecule has 0 radical (unpaired) electrons. The van der Waals surface area contributed by atoms with Gasteiger partial charge in [-0.2, -0.15) is 0 Å². The minimum Gasteiger partial charge on any atom is -0.299 e. The van der Waals surface area contributed by atoms with Gasteiger partial charge in [0.15, 0.2) is 0 Å². The van der Waals surface area contributed by atoms with Gasteiger partial charge in [-0.15, -0.1) is 11.8 Å². The highest BCUT2D eigenvalue weighted by molar-refractivity contribution is 8.00.